The summed E-state index contributed by atoms with van der Waals surface area (Å²) < 4.78 is 14.9. The van der Waals surface area contributed by atoms with Crippen molar-refractivity contribution in [3.05, 3.63) is 58.9 Å². The number of carbonyl (C=O) groups excluding carboxylic acids is 1. The van der Waals surface area contributed by atoms with Crippen LogP contribution < -0.4 is 11.1 Å². The first kappa shape index (κ1) is 18.1. The number of aromatic nitrogens is 6. The Kier molecular flexibility index (Phi) is 3.95. The molecule has 0 saturated carbocycles. The summed E-state index contributed by atoms with van der Waals surface area (Å²) in [4.78, 5) is 30.0. The third-order valence-corrected chi connectivity index (χ3v) is 5.05. The van der Waals surface area contributed by atoms with Crippen LogP contribution in [-0.2, 0) is 11.2 Å². The van der Waals surface area contributed by atoms with Gasteiger partial charge in [0.25, 0.3) is 0 Å². The van der Waals surface area contributed by atoms with E-state index < -0.39 is 5.92 Å². The Balaban J connectivity index is 1.64. The molecule has 0 radical (unpaired) electrons. The molecule has 5 rings (SSSR count). The highest BCUT2D eigenvalue weighted by Gasteiger charge is 2.31. The fraction of sp³-hybridized carbons (Fsp3) is 0.200. The summed E-state index contributed by atoms with van der Waals surface area (Å²) in [5.41, 5.74) is 9.25. The van der Waals surface area contributed by atoms with Gasteiger partial charge in [0.15, 0.2) is 11.5 Å². The predicted molar refractivity (Wildman–Crippen MR) is 107 cm³/mol. The third-order valence-electron chi connectivity index (χ3n) is 5.05. The minimum absolute atomic E-state index is 0.171. The predicted octanol–water partition coefficient (Wildman–Crippen LogP) is 2.26. The van der Waals surface area contributed by atoms with Crippen LogP contribution in [0.4, 0.5) is 16.0 Å². The molecule has 1 atom stereocenters. The number of halogens is 1. The molecular formula is C20H17FN8O. The molecule has 1 aromatic carbocycles. The summed E-state index contributed by atoms with van der Waals surface area (Å²) in [6, 6.07) is 6.20. The van der Waals surface area contributed by atoms with Crippen LogP contribution >= 0.6 is 0 Å². The number of nitrogens with zero attached hydrogens (tertiary/aromatic N) is 6. The van der Waals surface area contributed by atoms with Crippen molar-refractivity contribution in [3.8, 4) is 11.5 Å². The van der Waals surface area contributed by atoms with E-state index in [1.807, 2.05) is 0 Å². The molecule has 150 valence electrons. The van der Waals surface area contributed by atoms with Gasteiger partial charge in [-0.15, -0.1) is 0 Å². The number of anilines is 2. The maximum absolute atomic E-state index is 13.3. The molecular weight excluding hydrogens is 387 g/mol. The zero-order valence-electron chi connectivity index (χ0n) is 16.2. The Hall–Kier alpha value is -3.95. The zero-order chi connectivity index (χ0) is 21.0. The van der Waals surface area contributed by atoms with Crippen LogP contribution in [-0.4, -0.2) is 35.5 Å². The molecule has 10 heteroatoms. The maximum atomic E-state index is 13.3. The number of hydrogen-bond donors (Lipinski definition) is 2. The molecule has 0 spiro atoms. The van der Waals surface area contributed by atoms with E-state index >= 15 is 0 Å². The first-order chi connectivity index (χ1) is 14.4. The quantitative estimate of drug-likeness (QED) is 0.537. The SMILES string of the molecule is Cc1nc2c(Cc3ccc(F)cc3)nc(-c3nc(N)c4c(n3)NC(=O)[C@@H]4C)cn2n1. The van der Waals surface area contributed by atoms with E-state index in [0.717, 1.165) is 5.56 Å². The van der Waals surface area contributed by atoms with Crippen LogP contribution in [0, 0.1) is 12.7 Å². The summed E-state index contributed by atoms with van der Waals surface area (Å²) >= 11 is 0. The molecule has 1 amide bonds. The first-order valence-electron chi connectivity index (χ1n) is 9.35. The molecule has 0 fully saturated rings. The monoisotopic (exact) mass is 404 g/mol. The molecule has 0 bridgehead atoms. The van der Waals surface area contributed by atoms with E-state index in [1.165, 1.54) is 12.1 Å². The van der Waals surface area contributed by atoms with E-state index in [1.54, 1.807) is 36.7 Å². The van der Waals surface area contributed by atoms with E-state index in [9.17, 15) is 9.18 Å². The van der Waals surface area contributed by atoms with Crippen molar-refractivity contribution >= 4 is 23.2 Å². The van der Waals surface area contributed by atoms with Crippen LogP contribution in [0.15, 0.2) is 30.5 Å². The van der Waals surface area contributed by atoms with Crippen molar-refractivity contribution in [3.63, 3.8) is 0 Å². The van der Waals surface area contributed by atoms with E-state index in [2.05, 4.69) is 25.4 Å². The van der Waals surface area contributed by atoms with Crippen molar-refractivity contribution in [1.82, 2.24) is 29.5 Å². The van der Waals surface area contributed by atoms with Crippen LogP contribution in [0.25, 0.3) is 17.2 Å². The second-order valence-corrected chi connectivity index (χ2v) is 7.21. The lowest BCUT2D eigenvalue weighted by Crippen LogP contribution is -2.09. The summed E-state index contributed by atoms with van der Waals surface area (Å²) in [7, 11) is 0. The molecule has 0 unspecified atom stereocenters. The number of rotatable bonds is 3. The minimum Gasteiger partial charge on any atom is -0.383 e. The first-order valence-corrected chi connectivity index (χ1v) is 9.35. The number of nitrogen functional groups attached to an aromatic ring is 1. The smallest absolute Gasteiger partial charge is 0.233 e. The van der Waals surface area contributed by atoms with Gasteiger partial charge in [-0.2, -0.15) is 5.10 Å². The molecule has 0 saturated heterocycles. The standard InChI is InChI=1S/C20H17FN8O/c1-9-15-16(22)25-17(26-18(15)27-20(9)30)14-8-29-19(23-10(2)28-29)13(24-14)7-11-3-5-12(21)6-4-11/h3-6,8-9H,7H2,1-2H3,(H3,22,25,26,27,30)/t9-/m1/s1. The Bertz CT molecular complexity index is 1310. The summed E-state index contributed by atoms with van der Waals surface area (Å²) in [6.07, 6.45) is 2.09. The average molecular weight is 404 g/mol. The van der Waals surface area contributed by atoms with Crippen molar-refractivity contribution in [2.45, 2.75) is 26.2 Å². The largest absolute Gasteiger partial charge is 0.383 e. The number of aryl methyl sites for hydroxylation is 1. The van der Waals surface area contributed by atoms with Crippen LogP contribution in [0.1, 0.15) is 35.5 Å². The number of benzene rings is 1. The molecule has 3 N–H and O–H groups in total. The lowest BCUT2D eigenvalue weighted by molar-refractivity contribution is -0.116. The summed E-state index contributed by atoms with van der Waals surface area (Å²) in [6.45, 7) is 3.54. The zero-order valence-corrected chi connectivity index (χ0v) is 16.2. The van der Waals surface area contributed by atoms with Gasteiger partial charge in [0.05, 0.1) is 17.8 Å². The molecule has 4 heterocycles. The molecule has 9 nitrogen and oxygen atoms in total. The number of nitrogens with one attached hydrogen (secondary N) is 1. The Morgan fingerprint density at radius 1 is 1.17 bits per heavy atom. The molecule has 4 aromatic rings. The van der Waals surface area contributed by atoms with Gasteiger partial charge in [-0.05, 0) is 31.5 Å². The second kappa shape index (κ2) is 6.55. The van der Waals surface area contributed by atoms with Crippen LogP contribution in [0.2, 0.25) is 0 Å². The van der Waals surface area contributed by atoms with E-state index in [4.69, 9.17) is 10.7 Å². The second-order valence-electron chi connectivity index (χ2n) is 7.21. The summed E-state index contributed by atoms with van der Waals surface area (Å²) in [5.74, 6) is 0.611. The van der Waals surface area contributed by atoms with Gasteiger partial charge in [0.2, 0.25) is 5.91 Å². The van der Waals surface area contributed by atoms with Crippen LogP contribution in [0.5, 0.6) is 0 Å². The van der Waals surface area contributed by atoms with Crippen molar-refractivity contribution in [1.29, 1.82) is 0 Å². The normalized spacial score (nSPS) is 15.4. The number of fused-ring (bicyclic) bond motifs is 2. The van der Waals surface area contributed by atoms with E-state index in [0.29, 0.717) is 40.7 Å². The van der Waals surface area contributed by atoms with Gasteiger partial charge in [-0.3, -0.25) is 4.79 Å². The number of carbonyl (C=O) groups is 1. The van der Waals surface area contributed by atoms with Crippen LogP contribution in [0.3, 0.4) is 0 Å². The topological polar surface area (TPSA) is 124 Å². The fourth-order valence-electron chi connectivity index (χ4n) is 3.56. The Morgan fingerprint density at radius 3 is 2.70 bits per heavy atom. The molecule has 1 aliphatic rings. The summed E-state index contributed by atoms with van der Waals surface area (Å²) in [5, 5.41) is 7.11. The van der Waals surface area contributed by atoms with Gasteiger partial charge in [-0.1, -0.05) is 12.1 Å². The van der Waals surface area contributed by atoms with Crippen molar-refractivity contribution in [2.24, 2.45) is 0 Å². The molecule has 0 aliphatic carbocycles. The van der Waals surface area contributed by atoms with Gasteiger partial charge in [0.1, 0.15) is 29.0 Å². The van der Waals surface area contributed by atoms with Gasteiger partial charge in [-0.25, -0.2) is 28.8 Å². The molecule has 1 aliphatic heterocycles. The van der Waals surface area contributed by atoms with Gasteiger partial charge < -0.3 is 11.1 Å². The lowest BCUT2D eigenvalue weighted by atomic mass is 10.1. The highest BCUT2D eigenvalue weighted by atomic mass is 19.1. The number of hydrogen-bond acceptors (Lipinski definition) is 7. The molecule has 30 heavy (non-hydrogen) atoms. The maximum Gasteiger partial charge on any atom is 0.233 e. The van der Waals surface area contributed by atoms with Crippen molar-refractivity contribution < 1.29 is 9.18 Å². The Labute approximate surface area is 170 Å². The highest BCUT2D eigenvalue weighted by molar-refractivity contribution is 6.03. The third kappa shape index (κ3) is 2.93. The van der Waals surface area contributed by atoms with E-state index in [-0.39, 0.29) is 23.4 Å². The fourth-order valence-corrected chi connectivity index (χ4v) is 3.56. The van der Waals surface area contributed by atoms with Gasteiger partial charge in [0, 0.05) is 12.0 Å². The number of amides is 1. The Morgan fingerprint density at radius 2 is 1.93 bits per heavy atom. The lowest BCUT2D eigenvalue weighted by Gasteiger charge is -2.09. The van der Waals surface area contributed by atoms with Gasteiger partial charge >= 0.3 is 0 Å². The number of nitrogens with two attached hydrogens (primary N) is 1. The highest BCUT2D eigenvalue weighted by Crippen LogP contribution is 2.35. The van der Waals surface area contributed by atoms with Crippen molar-refractivity contribution in [2.75, 3.05) is 11.1 Å². The minimum atomic E-state index is -0.406. The average Bonchev–Trinajstić information content (AvgIpc) is 3.22. The molecule has 3 aromatic heterocycles.